The summed E-state index contributed by atoms with van der Waals surface area (Å²) in [4.78, 5) is 4.17. The molecule has 1 heterocycles. The number of halogens is 1. The molecule has 0 aliphatic heterocycles. The Morgan fingerprint density at radius 3 is 2.87 bits per heavy atom. The minimum absolute atomic E-state index is 0.597. The van der Waals surface area contributed by atoms with E-state index in [1.165, 1.54) is 38.5 Å². The van der Waals surface area contributed by atoms with Gasteiger partial charge in [0.05, 0.1) is 0 Å². The zero-order valence-corrected chi connectivity index (χ0v) is 10.4. The second-order valence-electron chi connectivity index (χ2n) is 4.19. The molecule has 0 saturated heterocycles. The predicted molar refractivity (Wildman–Crippen MR) is 66.8 cm³/mol. The van der Waals surface area contributed by atoms with Crippen LogP contribution in [0.1, 0.15) is 38.5 Å². The van der Waals surface area contributed by atoms with E-state index < -0.39 is 0 Å². The Kier molecular flexibility index (Phi) is 4.27. The maximum Gasteiger partial charge on any atom is 0.184 e. The zero-order chi connectivity index (χ0) is 10.5. The van der Waals surface area contributed by atoms with E-state index in [0.717, 1.165) is 17.6 Å². The van der Waals surface area contributed by atoms with Crippen LogP contribution in [-0.4, -0.2) is 11.5 Å². The Hall–Kier alpha value is -0.280. The monoisotopic (exact) mass is 244 g/mol. The lowest BCUT2D eigenvalue weighted by molar-refractivity contribution is 0.345. The van der Waals surface area contributed by atoms with E-state index >= 15 is 0 Å². The molecular weight excluding hydrogens is 228 g/mol. The molecule has 1 aliphatic rings. The summed E-state index contributed by atoms with van der Waals surface area (Å²) >= 11 is 7.33. The maximum absolute atomic E-state index is 5.75. The van der Waals surface area contributed by atoms with E-state index in [-0.39, 0.29) is 0 Å². The van der Waals surface area contributed by atoms with Crippen LogP contribution in [0.5, 0.6) is 0 Å². The fraction of sp³-hybridized carbons (Fsp3) is 0.727. The van der Waals surface area contributed by atoms with Crippen molar-refractivity contribution in [3.05, 3.63) is 10.5 Å². The van der Waals surface area contributed by atoms with Crippen molar-refractivity contribution < 1.29 is 0 Å². The van der Waals surface area contributed by atoms with Crippen LogP contribution >= 0.6 is 22.9 Å². The fourth-order valence-electron chi connectivity index (χ4n) is 2.19. The lowest BCUT2D eigenvalue weighted by Crippen LogP contribution is -2.11. The SMILES string of the molecule is Clc1csc(NCCC2CCCCC2)n1. The molecule has 1 aromatic rings. The first-order valence-electron chi connectivity index (χ1n) is 5.69. The van der Waals surface area contributed by atoms with Crippen molar-refractivity contribution in [1.29, 1.82) is 0 Å². The summed E-state index contributed by atoms with van der Waals surface area (Å²) in [7, 11) is 0. The van der Waals surface area contributed by atoms with Gasteiger partial charge in [-0.15, -0.1) is 11.3 Å². The highest BCUT2D eigenvalue weighted by Crippen LogP contribution is 2.26. The summed E-state index contributed by atoms with van der Waals surface area (Å²) in [5, 5.41) is 6.75. The van der Waals surface area contributed by atoms with Crippen molar-refractivity contribution in [1.82, 2.24) is 4.98 Å². The van der Waals surface area contributed by atoms with Crippen molar-refractivity contribution in [2.75, 3.05) is 11.9 Å². The van der Waals surface area contributed by atoms with Gasteiger partial charge in [-0.2, -0.15) is 0 Å². The van der Waals surface area contributed by atoms with E-state index in [9.17, 15) is 0 Å². The number of hydrogen-bond donors (Lipinski definition) is 1. The second kappa shape index (κ2) is 5.71. The first kappa shape index (κ1) is 11.2. The van der Waals surface area contributed by atoms with Crippen LogP contribution in [0.15, 0.2) is 5.38 Å². The number of thiazole rings is 1. The average molecular weight is 245 g/mol. The lowest BCUT2D eigenvalue weighted by Gasteiger charge is -2.21. The molecule has 1 fully saturated rings. The topological polar surface area (TPSA) is 24.9 Å². The van der Waals surface area contributed by atoms with Gasteiger partial charge in [-0.05, 0) is 12.3 Å². The molecule has 0 bridgehead atoms. The Balaban J connectivity index is 1.65. The molecular formula is C11H17ClN2S. The highest BCUT2D eigenvalue weighted by molar-refractivity contribution is 7.14. The maximum atomic E-state index is 5.75. The van der Waals surface area contributed by atoms with E-state index in [1.54, 1.807) is 11.3 Å². The van der Waals surface area contributed by atoms with Crippen LogP contribution in [0, 0.1) is 5.92 Å². The van der Waals surface area contributed by atoms with E-state index in [4.69, 9.17) is 11.6 Å². The normalized spacial score (nSPS) is 17.9. The van der Waals surface area contributed by atoms with Crippen LogP contribution in [0.25, 0.3) is 0 Å². The number of anilines is 1. The molecule has 0 unspecified atom stereocenters. The molecule has 0 atom stereocenters. The van der Waals surface area contributed by atoms with Gasteiger partial charge >= 0.3 is 0 Å². The van der Waals surface area contributed by atoms with Gasteiger partial charge in [0.15, 0.2) is 5.13 Å². The molecule has 2 rings (SSSR count). The van der Waals surface area contributed by atoms with Crippen LogP contribution in [0.2, 0.25) is 5.15 Å². The van der Waals surface area contributed by atoms with Gasteiger partial charge in [0.1, 0.15) is 5.15 Å². The van der Waals surface area contributed by atoms with Crippen molar-refractivity contribution in [3.8, 4) is 0 Å². The number of hydrogen-bond acceptors (Lipinski definition) is 3. The molecule has 0 spiro atoms. The summed E-state index contributed by atoms with van der Waals surface area (Å²) in [5.74, 6) is 0.932. The highest BCUT2D eigenvalue weighted by atomic mass is 35.5. The van der Waals surface area contributed by atoms with Crippen molar-refractivity contribution in [3.63, 3.8) is 0 Å². The minimum atomic E-state index is 0.597. The summed E-state index contributed by atoms with van der Waals surface area (Å²) < 4.78 is 0. The van der Waals surface area contributed by atoms with E-state index in [1.807, 2.05) is 5.38 Å². The number of rotatable bonds is 4. The summed E-state index contributed by atoms with van der Waals surface area (Å²) in [5.41, 5.74) is 0. The molecule has 4 heteroatoms. The van der Waals surface area contributed by atoms with Crippen LogP contribution in [0.4, 0.5) is 5.13 Å². The van der Waals surface area contributed by atoms with Gasteiger partial charge < -0.3 is 5.32 Å². The molecule has 1 saturated carbocycles. The highest BCUT2D eigenvalue weighted by Gasteiger charge is 2.12. The zero-order valence-electron chi connectivity index (χ0n) is 8.84. The standard InChI is InChI=1S/C11H17ClN2S/c12-10-8-15-11(14-10)13-7-6-9-4-2-1-3-5-9/h8-9H,1-7H2,(H,13,14). The van der Waals surface area contributed by atoms with E-state index in [2.05, 4.69) is 10.3 Å². The second-order valence-corrected chi connectivity index (χ2v) is 5.44. The van der Waals surface area contributed by atoms with Crippen LogP contribution in [-0.2, 0) is 0 Å². The Morgan fingerprint density at radius 2 is 2.20 bits per heavy atom. The van der Waals surface area contributed by atoms with Crippen LogP contribution in [0.3, 0.4) is 0 Å². The predicted octanol–water partition coefficient (Wildman–Crippen LogP) is 4.18. The number of nitrogens with zero attached hydrogens (tertiary/aromatic N) is 1. The third-order valence-electron chi connectivity index (χ3n) is 3.03. The molecule has 84 valence electrons. The first-order chi connectivity index (χ1) is 7.34. The van der Waals surface area contributed by atoms with Gasteiger partial charge in [-0.3, -0.25) is 0 Å². The molecule has 0 radical (unpaired) electrons. The third-order valence-corrected chi connectivity index (χ3v) is 4.15. The molecule has 0 aromatic carbocycles. The van der Waals surface area contributed by atoms with Gasteiger partial charge in [-0.1, -0.05) is 43.7 Å². The fourth-order valence-corrected chi connectivity index (χ4v) is 3.06. The molecule has 2 nitrogen and oxygen atoms in total. The van der Waals surface area contributed by atoms with Gasteiger partial charge in [0.25, 0.3) is 0 Å². The Morgan fingerprint density at radius 1 is 1.40 bits per heavy atom. The average Bonchev–Trinajstić information content (AvgIpc) is 2.66. The van der Waals surface area contributed by atoms with E-state index in [0.29, 0.717) is 5.15 Å². The van der Waals surface area contributed by atoms with Gasteiger partial charge in [0, 0.05) is 11.9 Å². The van der Waals surface area contributed by atoms with Gasteiger partial charge in [-0.25, -0.2) is 4.98 Å². The smallest absolute Gasteiger partial charge is 0.184 e. The lowest BCUT2D eigenvalue weighted by atomic mass is 9.87. The molecule has 15 heavy (non-hydrogen) atoms. The summed E-state index contributed by atoms with van der Waals surface area (Å²) in [6, 6.07) is 0. The van der Waals surface area contributed by atoms with Crippen LogP contribution < -0.4 is 5.32 Å². The number of aromatic nitrogens is 1. The molecule has 1 N–H and O–H groups in total. The quantitative estimate of drug-likeness (QED) is 0.860. The number of nitrogens with one attached hydrogen (secondary N) is 1. The summed E-state index contributed by atoms with van der Waals surface area (Å²) in [6.45, 7) is 1.04. The molecule has 1 aliphatic carbocycles. The Bertz CT molecular complexity index is 295. The largest absolute Gasteiger partial charge is 0.361 e. The van der Waals surface area contributed by atoms with Gasteiger partial charge in [0.2, 0.25) is 0 Å². The first-order valence-corrected chi connectivity index (χ1v) is 6.95. The van der Waals surface area contributed by atoms with Crippen molar-refractivity contribution in [2.45, 2.75) is 38.5 Å². The third kappa shape index (κ3) is 3.65. The molecule has 0 amide bonds. The summed E-state index contributed by atoms with van der Waals surface area (Å²) in [6.07, 6.45) is 8.39. The molecule has 1 aromatic heterocycles. The Labute approximate surface area is 100 Å². The van der Waals surface area contributed by atoms with Crippen molar-refractivity contribution >= 4 is 28.1 Å². The minimum Gasteiger partial charge on any atom is -0.361 e. The van der Waals surface area contributed by atoms with Crippen molar-refractivity contribution in [2.24, 2.45) is 5.92 Å².